The summed E-state index contributed by atoms with van der Waals surface area (Å²) >= 11 is 1.76. The minimum atomic E-state index is -1.20. The zero-order valence-corrected chi connectivity index (χ0v) is 19.1. The van der Waals surface area contributed by atoms with Crippen molar-refractivity contribution >= 4 is 40.6 Å². The zero-order valence-electron chi connectivity index (χ0n) is 17.4. The Labute approximate surface area is 190 Å². The number of aromatic carboxylic acids is 1. The highest BCUT2D eigenvalue weighted by molar-refractivity contribution is 7.16. The number of pyridine rings is 1. The van der Waals surface area contributed by atoms with Crippen LogP contribution in [0.25, 0.3) is 21.3 Å². The third kappa shape index (κ3) is 3.35. The molecule has 8 heteroatoms. The summed E-state index contributed by atoms with van der Waals surface area (Å²) in [6, 6.07) is 3.90. The smallest absolute Gasteiger partial charge is 0.341 e. The first kappa shape index (κ1) is 21.9. The molecule has 5 rings (SSSR count). The molecule has 1 saturated carbocycles. The monoisotopic (exact) mass is 460 g/mol. The summed E-state index contributed by atoms with van der Waals surface area (Å²) in [6.45, 7) is 2.11. The fourth-order valence-electron chi connectivity index (χ4n) is 4.74. The Bertz CT molecular complexity index is 1260. The van der Waals surface area contributed by atoms with Gasteiger partial charge in [-0.15, -0.1) is 23.7 Å². The molecule has 3 aromatic rings. The van der Waals surface area contributed by atoms with E-state index in [4.69, 9.17) is 10.5 Å². The van der Waals surface area contributed by atoms with Crippen LogP contribution >= 0.6 is 23.7 Å². The Kier molecular flexibility index (Phi) is 5.62. The molecule has 0 spiro atoms. The van der Waals surface area contributed by atoms with Crippen LogP contribution < -0.4 is 15.9 Å². The SMILES string of the molecule is COc1c(-c2sc3c(c2C)C(N)CCC3)ccc2c(=O)c(C(=O)O)cn(C3CC3)c12.Cl. The van der Waals surface area contributed by atoms with Gasteiger partial charge in [0.25, 0.3) is 0 Å². The Morgan fingerprint density at radius 1 is 1.29 bits per heavy atom. The van der Waals surface area contributed by atoms with Crippen LogP contribution in [0.3, 0.4) is 0 Å². The lowest BCUT2D eigenvalue weighted by atomic mass is 9.90. The highest BCUT2D eigenvalue weighted by Crippen LogP contribution is 2.48. The Morgan fingerprint density at radius 2 is 2.03 bits per heavy atom. The van der Waals surface area contributed by atoms with Crippen LogP contribution in [0.5, 0.6) is 5.75 Å². The second-order valence-electron chi connectivity index (χ2n) is 8.25. The van der Waals surface area contributed by atoms with Crippen molar-refractivity contribution in [3.8, 4) is 16.2 Å². The van der Waals surface area contributed by atoms with Crippen molar-refractivity contribution in [3.63, 3.8) is 0 Å². The van der Waals surface area contributed by atoms with E-state index in [-0.39, 0.29) is 30.1 Å². The van der Waals surface area contributed by atoms with Crippen LogP contribution in [0.15, 0.2) is 23.1 Å². The highest BCUT2D eigenvalue weighted by atomic mass is 35.5. The van der Waals surface area contributed by atoms with E-state index < -0.39 is 11.4 Å². The topological polar surface area (TPSA) is 94.6 Å². The van der Waals surface area contributed by atoms with Gasteiger partial charge in [0.05, 0.1) is 18.0 Å². The number of thiophene rings is 1. The number of benzene rings is 1. The van der Waals surface area contributed by atoms with Crippen molar-refractivity contribution in [2.24, 2.45) is 5.73 Å². The third-order valence-electron chi connectivity index (χ3n) is 6.33. The number of hydrogen-bond acceptors (Lipinski definition) is 5. The van der Waals surface area contributed by atoms with Crippen molar-refractivity contribution < 1.29 is 14.6 Å². The third-order valence-corrected chi connectivity index (χ3v) is 7.73. The van der Waals surface area contributed by atoms with Crippen LogP contribution in [-0.2, 0) is 6.42 Å². The maximum atomic E-state index is 12.9. The minimum absolute atomic E-state index is 0. The Balaban J connectivity index is 0.00000231. The number of fused-ring (bicyclic) bond motifs is 2. The van der Waals surface area contributed by atoms with E-state index >= 15 is 0 Å². The number of hydrogen-bond donors (Lipinski definition) is 2. The molecule has 1 atom stereocenters. The summed E-state index contributed by atoms with van der Waals surface area (Å²) in [5.74, 6) is -0.571. The van der Waals surface area contributed by atoms with Gasteiger partial charge in [0, 0.05) is 33.6 Å². The molecule has 0 radical (unpaired) electrons. The van der Waals surface area contributed by atoms with E-state index in [1.54, 1.807) is 24.5 Å². The van der Waals surface area contributed by atoms with E-state index in [0.717, 1.165) is 42.5 Å². The van der Waals surface area contributed by atoms with Crippen LogP contribution in [0, 0.1) is 6.92 Å². The van der Waals surface area contributed by atoms with Crippen molar-refractivity contribution in [2.75, 3.05) is 7.11 Å². The summed E-state index contributed by atoms with van der Waals surface area (Å²) < 4.78 is 7.80. The normalized spacial score (nSPS) is 17.8. The summed E-state index contributed by atoms with van der Waals surface area (Å²) in [5, 5.41) is 9.90. The molecule has 0 aliphatic heterocycles. The molecule has 1 unspecified atom stereocenters. The highest BCUT2D eigenvalue weighted by Gasteiger charge is 2.30. The number of rotatable bonds is 4. The van der Waals surface area contributed by atoms with Gasteiger partial charge in [-0.3, -0.25) is 4.79 Å². The van der Waals surface area contributed by atoms with Gasteiger partial charge in [-0.1, -0.05) is 0 Å². The number of methoxy groups -OCH3 is 1. The molecule has 2 aromatic heterocycles. The average molecular weight is 461 g/mol. The Morgan fingerprint density at radius 3 is 2.65 bits per heavy atom. The standard InChI is InChI=1S/C23H24N2O4S.ClH/c1-11-18-16(24)4-3-5-17(18)30-22(11)14-9-8-13-19(21(14)29-2)25(12-6-7-12)10-15(20(13)26)23(27)28;/h8-10,12,16H,3-7,24H2,1-2H3,(H,27,28);1H. The fraction of sp³-hybridized carbons (Fsp3) is 0.391. The largest absolute Gasteiger partial charge is 0.494 e. The number of halogens is 1. The van der Waals surface area contributed by atoms with E-state index in [9.17, 15) is 14.7 Å². The van der Waals surface area contributed by atoms with Gasteiger partial charge < -0.3 is 20.1 Å². The molecule has 1 fully saturated rings. The predicted octanol–water partition coefficient (Wildman–Crippen LogP) is 4.84. The van der Waals surface area contributed by atoms with Gasteiger partial charge in [-0.05, 0) is 62.3 Å². The fourth-order valence-corrected chi connectivity index (χ4v) is 6.18. The number of aromatic nitrogens is 1. The molecule has 0 amide bonds. The molecule has 2 heterocycles. The van der Waals surface area contributed by atoms with Gasteiger partial charge in [-0.25, -0.2) is 4.79 Å². The van der Waals surface area contributed by atoms with Crippen molar-refractivity contribution in [2.45, 2.75) is 51.1 Å². The number of carboxylic acids is 1. The average Bonchev–Trinajstić information content (AvgIpc) is 3.51. The number of carboxylic acid groups (broad SMARTS) is 1. The molecule has 6 nitrogen and oxygen atoms in total. The predicted molar refractivity (Wildman–Crippen MR) is 125 cm³/mol. The van der Waals surface area contributed by atoms with Crippen molar-refractivity contribution in [3.05, 3.63) is 50.1 Å². The van der Waals surface area contributed by atoms with Crippen molar-refractivity contribution in [1.82, 2.24) is 4.57 Å². The molecular formula is C23H25ClN2O4S. The van der Waals surface area contributed by atoms with E-state index in [1.165, 1.54) is 22.2 Å². The number of nitrogens with two attached hydrogens (primary N) is 1. The van der Waals surface area contributed by atoms with Crippen LogP contribution in [-0.4, -0.2) is 22.8 Å². The maximum absolute atomic E-state index is 12.9. The van der Waals surface area contributed by atoms with Crippen LogP contribution in [0.4, 0.5) is 0 Å². The number of nitrogens with zero attached hydrogens (tertiary/aromatic N) is 1. The van der Waals surface area contributed by atoms with Gasteiger partial charge >= 0.3 is 5.97 Å². The molecule has 1 aromatic carbocycles. The molecule has 0 bridgehead atoms. The summed E-state index contributed by atoms with van der Waals surface area (Å²) in [5.41, 5.74) is 9.80. The summed E-state index contributed by atoms with van der Waals surface area (Å²) in [6.07, 6.45) is 6.55. The molecule has 2 aliphatic rings. The van der Waals surface area contributed by atoms with Gasteiger partial charge in [0.1, 0.15) is 5.56 Å². The Hall–Kier alpha value is -2.35. The second-order valence-corrected chi connectivity index (χ2v) is 9.35. The number of ether oxygens (including phenoxy) is 1. The molecular weight excluding hydrogens is 436 g/mol. The van der Waals surface area contributed by atoms with Crippen LogP contribution in [0.1, 0.15) is 64.1 Å². The second kappa shape index (κ2) is 7.97. The van der Waals surface area contributed by atoms with Gasteiger partial charge in [0.2, 0.25) is 5.43 Å². The number of carbonyl (C=O) groups is 1. The zero-order chi connectivity index (χ0) is 21.2. The lowest BCUT2D eigenvalue weighted by molar-refractivity contribution is 0.0695. The number of aryl methyl sites for hydroxylation is 1. The maximum Gasteiger partial charge on any atom is 0.341 e. The molecule has 164 valence electrons. The van der Waals surface area contributed by atoms with Gasteiger partial charge in [0.15, 0.2) is 5.75 Å². The van der Waals surface area contributed by atoms with Crippen molar-refractivity contribution in [1.29, 1.82) is 0 Å². The summed E-state index contributed by atoms with van der Waals surface area (Å²) in [7, 11) is 1.61. The quantitative estimate of drug-likeness (QED) is 0.581. The van der Waals surface area contributed by atoms with Gasteiger partial charge in [-0.2, -0.15) is 0 Å². The lowest BCUT2D eigenvalue weighted by Gasteiger charge is -2.19. The van der Waals surface area contributed by atoms with E-state index in [2.05, 4.69) is 6.92 Å². The lowest BCUT2D eigenvalue weighted by Crippen LogP contribution is -2.19. The molecule has 0 saturated heterocycles. The summed E-state index contributed by atoms with van der Waals surface area (Å²) in [4.78, 5) is 27.0. The first-order chi connectivity index (χ1) is 14.4. The molecule has 31 heavy (non-hydrogen) atoms. The van der Waals surface area contributed by atoms with E-state index in [0.29, 0.717) is 16.7 Å². The minimum Gasteiger partial charge on any atom is -0.494 e. The first-order valence-corrected chi connectivity index (χ1v) is 11.1. The van der Waals surface area contributed by atoms with Crippen LogP contribution in [0.2, 0.25) is 0 Å². The molecule has 2 aliphatic carbocycles. The molecule has 3 N–H and O–H groups in total. The van der Waals surface area contributed by atoms with E-state index in [1.807, 2.05) is 10.6 Å². The first-order valence-electron chi connectivity index (χ1n) is 10.3.